The molecule has 2 aromatic rings. The standard InChI is InChI=1S/C18H23BrN6O2/c1-18(2,3)27-17(26)25-6-4-5-13(25)9-22-16-15(19)24-14(10-23-16)12-7-20-11-21-8-12/h7-8,10-11,13H,4-6,9H2,1-3H3,(H,22,23). The summed E-state index contributed by atoms with van der Waals surface area (Å²) < 4.78 is 6.10. The van der Waals surface area contributed by atoms with Crippen molar-refractivity contribution in [3.63, 3.8) is 0 Å². The van der Waals surface area contributed by atoms with Gasteiger partial charge in [0, 0.05) is 31.0 Å². The molecule has 1 atom stereocenters. The topological polar surface area (TPSA) is 93.1 Å². The molecule has 9 heteroatoms. The molecule has 1 aliphatic rings. The van der Waals surface area contributed by atoms with Crippen LogP contribution in [0.3, 0.4) is 0 Å². The minimum atomic E-state index is -0.497. The number of hydrogen-bond acceptors (Lipinski definition) is 7. The van der Waals surface area contributed by atoms with E-state index in [1.165, 1.54) is 6.33 Å². The zero-order chi connectivity index (χ0) is 19.4. The van der Waals surface area contributed by atoms with Gasteiger partial charge >= 0.3 is 6.09 Å². The van der Waals surface area contributed by atoms with Crippen LogP contribution in [0.5, 0.6) is 0 Å². The van der Waals surface area contributed by atoms with E-state index in [1.807, 2.05) is 20.8 Å². The van der Waals surface area contributed by atoms with Gasteiger partial charge in [-0.2, -0.15) is 0 Å². The van der Waals surface area contributed by atoms with Crippen molar-refractivity contribution in [1.29, 1.82) is 0 Å². The third-order valence-electron chi connectivity index (χ3n) is 4.10. The monoisotopic (exact) mass is 434 g/mol. The van der Waals surface area contributed by atoms with E-state index < -0.39 is 5.60 Å². The van der Waals surface area contributed by atoms with E-state index in [0.29, 0.717) is 29.2 Å². The van der Waals surface area contributed by atoms with Gasteiger partial charge in [-0.05, 0) is 49.5 Å². The molecule has 1 amide bonds. The van der Waals surface area contributed by atoms with Crippen molar-refractivity contribution < 1.29 is 9.53 Å². The first-order valence-corrected chi connectivity index (χ1v) is 9.64. The summed E-state index contributed by atoms with van der Waals surface area (Å²) in [4.78, 5) is 31.1. The Labute approximate surface area is 166 Å². The molecule has 1 saturated heterocycles. The maximum Gasteiger partial charge on any atom is 0.410 e. The number of nitrogens with one attached hydrogen (secondary N) is 1. The molecule has 8 nitrogen and oxygen atoms in total. The van der Waals surface area contributed by atoms with Crippen LogP contribution in [-0.2, 0) is 4.74 Å². The van der Waals surface area contributed by atoms with Gasteiger partial charge in [0.05, 0.1) is 17.9 Å². The summed E-state index contributed by atoms with van der Waals surface area (Å²) in [6.07, 6.45) is 8.15. The maximum absolute atomic E-state index is 12.4. The van der Waals surface area contributed by atoms with Gasteiger partial charge in [0.15, 0.2) is 5.82 Å². The zero-order valence-corrected chi connectivity index (χ0v) is 17.2. The molecular weight excluding hydrogens is 412 g/mol. The van der Waals surface area contributed by atoms with E-state index in [9.17, 15) is 4.79 Å². The van der Waals surface area contributed by atoms with Gasteiger partial charge in [-0.1, -0.05) is 0 Å². The average Bonchev–Trinajstić information content (AvgIpc) is 3.09. The molecule has 3 heterocycles. The first kappa shape index (κ1) is 19.5. The predicted octanol–water partition coefficient (Wildman–Crippen LogP) is 3.51. The van der Waals surface area contributed by atoms with Gasteiger partial charge < -0.3 is 15.0 Å². The SMILES string of the molecule is CC(C)(C)OC(=O)N1CCCC1CNc1ncc(-c2cncnc2)nc1Br. The highest BCUT2D eigenvalue weighted by molar-refractivity contribution is 9.10. The predicted molar refractivity (Wildman–Crippen MR) is 105 cm³/mol. The lowest BCUT2D eigenvalue weighted by atomic mass is 10.2. The highest BCUT2D eigenvalue weighted by Crippen LogP contribution is 2.24. The molecule has 1 unspecified atom stereocenters. The number of halogens is 1. The van der Waals surface area contributed by atoms with Crippen LogP contribution in [0.1, 0.15) is 33.6 Å². The fraction of sp³-hybridized carbons (Fsp3) is 0.500. The van der Waals surface area contributed by atoms with E-state index in [0.717, 1.165) is 18.4 Å². The van der Waals surface area contributed by atoms with E-state index in [1.54, 1.807) is 23.5 Å². The van der Waals surface area contributed by atoms with Crippen molar-refractivity contribution in [2.75, 3.05) is 18.4 Å². The number of carbonyl (C=O) groups excluding carboxylic acids is 1. The summed E-state index contributed by atoms with van der Waals surface area (Å²) in [5, 5.41) is 3.28. The second kappa shape index (κ2) is 8.16. The number of amides is 1. The summed E-state index contributed by atoms with van der Waals surface area (Å²) in [5.41, 5.74) is 0.983. The molecule has 2 aromatic heterocycles. The molecule has 0 saturated carbocycles. The first-order valence-electron chi connectivity index (χ1n) is 8.85. The quantitative estimate of drug-likeness (QED) is 0.786. The maximum atomic E-state index is 12.4. The van der Waals surface area contributed by atoms with Crippen molar-refractivity contribution in [1.82, 2.24) is 24.8 Å². The van der Waals surface area contributed by atoms with E-state index in [2.05, 4.69) is 41.2 Å². The van der Waals surface area contributed by atoms with Crippen molar-refractivity contribution in [2.45, 2.75) is 45.3 Å². The number of anilines is 1. The summed E-state index contributed by atoms with van der Waals surface area (Å²) in [7, 11) is 0. The zero-order valence-electron chi connectivity index (χ0n) is 15.6. The van der Waals surface area contributed by atoms with Gasteiger partial charge in [0.1, 0.15) is 16.5 Å². The summed E-state index contributed by atoms with van der Waals surface area (Å²) in [6, 6.07) is 0.0655. The molecule has 0 aliphatic carbocycles. The van der Waals surface area contributed by atoms with E-state index in [-0.39, 0.29) is 12.1 Å². The van der Waals surface area contributed by atoms with Crippen molar-refractivity contribution in [3.8, 4) is 11.3 Å². The highest BCUT2D eigenvalue weighted by Gasteiger charge is 2.32. The Kier molecular flexibility index (Phi) is 5.88. The van der Waals surface area contributed by atoms with E-state index >= 15 is 0 Å². The van der Waals surface area contributed by atoms with Crippen LogP contribution in [-0.4, -0.2) is 55.7 Å². The van der Waals surface area contributed by atoms with Crippen LogP contribution in [0, 0.1) is 0 Å². The van der Waals surface area contributed by atoms with Gasteiger partial charge in [-0.3, -0.25) is 0 Å². The van der Waals surface area contributed by atoms with Gasteiger partial charge in [-0.15, -0.1) is 0 Å². The lowest BCUT2D eigenvalue weighted by molar-refractivity contribution is 0.0235. The molecule has 0 radical (unpaired) electrons. The van der Waals surface area contributed by atoms with Crippen LogP contribution < -0.4 is 5.32 Å². The van der Waals surface area contributed by atoms with Crippen LogP contribution in [0.25, 0.3) is 11.3 Å². The van der Waals surface area contributed by atoms with Crippen LogP contribution >= 0.6 is 15.9 Å². The van der Waals surface area contributed by atoms with E-state index in [4.69, 9.17) is 4.74 Å². The molecule has 3 rings (SSSR count). The second-order valence-corrected chi connectivity index (χ2v) is 8.12. The largest absolute Gasteiger partial charge is 0.444 e. The smallest absolute Gasteiger partial charge is 0.410 e. The number of nitrogens with zero attached hydrogens (tertiary/aromatic N) is 5. The van der Waals surface area contributed by atoms with Gasteiger partial charge in [0.2, 0.25) is 0 Å². The summed E-state index contributed by atoms with van der Waals surface area (Å²) in [5.74, 6) is 0.631. The number of likely N-dealkylation sites (tertiary alicyclic amines) is 1. The fourth-order valence-electron chi connectivity index (χ4n) is 2.88. The minimum Gasteiger partial charge on any atom is -0.444 e. The Hall–Kier alpha value is -2.29. The number of hydrogen-bond donors (Lipinski definition) is 1. The molecular formula is C18H23BrN6O2. The molecule has 1 fully saturated rings. The molecule has 0 aromatic carbocycles. The lowest BCUT2D eigenvalue weighted by Gasteiger charge is -2.28. The molecule has 144 valence electrons. The normalized spacial score (nSPS) is 17.0. The fourth-order valence-corrected chi connectivity index (χ4v) is 3.31. The number of ether oxygens (including phenoxy) is 1. The van der Waals surface area contributed by atoms with Gasteiger partial charge in [-0.25, -0.2) is 24.7 Å². The van der Waals surface area contributed by atoms with Crippen molar-refractivity contribution in [2.24, 2.45) is 0 Å². The number of rotatable bonds is 4. The number of aromatic nitrogens is 4. The molecule has 1 aliphatic heterocycles. The minimum absolute atomic E-state index is 0.0655. The third-order valence-corrected chi connectivity index (χ3v) is 4.65. The molecule has 1 N–H and O–H groups in total. The first-order chi connectivity index (χ1) is 12.8. The second-order valence-electron chi connectivity index (χ2n) is 7.37. The molecule has 0 spiro atoms. The third kappa shape index (κ3) is 5.12. The Morgan fingerprint density at radius 3 is 2.74 bits per heavy atom. The number of carbonyl (C=O) groups is 1. The summed E-state index contributed by atoms with van der Waals surface area (Å²) in [6.45, 7) is 6.92. The van der Waals surface area contributed by atoms with Crippen LogP contribution in [0.2, 0.25) is 0 Å². The Morgan fingerprint density at radius 1 is 1.33 bits per heavy atom. The Bertz CT molecular complexity index is 796. The van der Waals surface area contributed by atoms with Crippen molar-refractivity contribution >= 4 is 27.8 Å². The van der Waals surface area contributed by atoms with Gasteiger partial charge in [0.25, 0.3) is 0 Å². The Morgan fingerprint density at radius 2 is 2.07 bits per heavy atom. The summed E-state index contributed by atoms with van der Waals surface area (Å²) >= 11 is 3.46. The highest BCUT2D eigenvalue weighted by atomic mass is 79.9. The Balaban J connectivity index is 1.63. The average molecular weight is 435 g/mol. The molecule has 0 bridgehead atoms. The lowest BCUT2D eigenvalue weighted by Crippen LogP contribution is -2.42. The molecule has 27 heavy (non-hydrogen) atoms. The van der Waals surface area contributed by atoms with Crippen LogP contribution in [0.15, 0.2) is 29.5 Å². The van der Waals surface area contributed by atoms with Crippen molar-refractivity contribution in [3.05, 3.63) is 29.5 Å². The van der Waals surface area contributed by atoms with Crippen LogP contribution in [0.4, 0.5) is 10.6 Å².